The van der Waals surface area contributed by atoms with Crippen molar-refractivity contribution in [3.8, 4) is 0 Å². The summed E-state index contributed by atoms with van der Waals surface area (Å²) < 4.78 is 11.8. The Bertz CT molecular complexity index is 671. The highest BCUT2D eigenvalue weighted by atomic mass is 28.4. The van der Waals surface area contributed by atoms with Gasteiger partial charge in [0.15, 0.2) is 14.4 Å². The average molecular weight is 394 g/mol. The summed E-state index contributed by atoms with van der Waals surface area (Å²) in [5.74, 6) is -1.13. The van der Waals surface area contributed by atoms with Crippen molar-refractivity contribution in [1.82, 2.24) is 4.90 Å². The molecule has 1 fully saturated rings. The van der Waals surface area contributed by atoms with Gasteiger partial charge in [0.2, 0.25) is 0 Å². The molecule has 0 spiro atoms. The van der Waals surface area contributed by atoms with Crippen LogP contribution in [0.1, 0.15) is 33.3 Å². The summed E-state index contributed by atoms with van der Waals surface area (Å²) in [5, 5.41) is 9.75. The Hall–Kier alpha value is -1.86. The molecule has 1 aliphatic heterocycles. The first-order valence-corrected chi connectivity index (χ1v) is 12.2. The number of aliphatic carboxylic acids is 1. The third-order valence-electron chi connectivity index (χ3n) is 5.62. The number of nitrogens with zero attached hydrogens (tertiary/aromatic N) is 1. The normalized spacial score (nSPS) is 23.3. The van der Waals surface area contributed by atoms with Crippen LogP contribution in [0.15, 0.2) is 30.3 Å². The fraction of sp³-hybridized carbons (Fsp3) is 0.600. The van der Waals surface area contributed by atoms with Crippen molar-refractivity contribution in [3.63, 3.8) is 0 Å². The van der Waals surface area contributed by atoms with E-state index in [2.05, 4.69) is 33.9 Å². The van der Waals surface area contributed by atoms with Crippen LogP contribution in [0.2, 0.25) is 18.1 Å². The van der Waals surface area contributed by atoms with E-state index in [1.54, 1.807) is 0 Å². The molecule has 2 rings (SSSR count). The van der Waals surface area contributed by atoms with Crippen LogP contribution < -0.4 is 0 Å². The number of hydrogen-bond acceptors (Lipinski definition) is 4. The van der Waals surface area contributed by atoms with Crippen molar-refractivity contribution in [2.75, 3.05) is 6.54 Å². The number of ether oxygens (including phenoxy) is 1. The van der Waals surface area contributed by atoms with Gasteiger partial charge >= 0.3 is 12.1 Å². The molecule has 7 heteroatoms. The van der Waals surface area contributed by atoms with Gasteiger partial charge in [0.25, 0.3) is 0 Å². The number of carbonyl (C=O) groups is 2. The molecule has 1 aromatic carbocycles. The van der Waals surface area contributed by atoms with E-state index in [1.807, 2.05) is 37.3 Å². The van der Waals surface area contributed by atoms with E-state index in [-0.39, 0.29) is 17.6 Å². The second kappa shape index (κ2) is 8.02. The van der Waals surface area contributed by atoms with Crippen LogP contribution in [-0.2, 0) is 20.6 Å². The highest BCUT2D eigenvalue weighted by Crippen LogP contribution is 2.40. The molecule has 0 saturated carbocycles. The van der Waals surface area contributed by atoms with Gasteiger partial charge in [-0.2, -0.15) is 0 Å². The Morgan fingerprint density at radius 3 is 2.33 bits per heavy atom. The van der Waals surface area contributed by atoms with E-state index in [4.69, 9.17) is 9.16 Å². The maximum Gasteiger partial charge on any atom is 0.410 e. The largest absolute Gasteiger partial charge is 0.480 e. The molecule has 0 unspecified atom stereocenters. The van der Waals surface area contributed by atoms with E-state index < -0.39 is 32.5 Å². The Labute approximate surface area is 162 Å². The zero-order chi connectivity index (χ0) is 20.4. The number of amides is 1. The Balaban J connectivity index is 2.13. The zero-order valence-corrected chi connectivity index (χ0v) is 18.1. The predicted octanol–water partition coefficient (Wildman–Crippen LogP) is 4.12. The molecule has 3 atom stereocenters. The zero-order valence-electron chi connectivity index (χ0n) is 17.1. The maximum absolute atomic E-state index is 12.6. The van der Waals surface area contributed by atoms with Crippen molar-refractivity contribution in [1.29, 1.82) is 0 Å². The second-order valence-electron chi connectivity index (χ2n) is 8.80. The summed E-state index contributed by atoms with van der Waals surface area (Å²) in [6, 6.07) is 8.30. The van der Waals surface area contributed by atoms with Crippen LogP contribution in [0.3, 0.4) is 0 Å². The summed E-state index contributed by atoms with van der Waals surface area (Å²) in [5.41, 5.74) is 0.860. The van der Waals surface area contributed by atoms with Gasteiger partial charge < -0.3 is 14.3 Å². The highest BCUT2D eigenvalue weighted by Gasteiger charge is 2.51. The summed E-state index contributed by atoms with van der Waals surface area (Å²) in [4.78, 5) is 25.9. The molecule has 1 saturated heterocycles. The van der Waals surface area contributed by atoms with Crippen molar-refractivity contribution in [2.45, 2.75) is 64.6 Å². The minimum atomic E-state index is -2.18. The van der Waals surface area contributed by atoms with Gasteiger partial charge in [-0.1, -0.05) is 58.0 Å². The lowest BCUT2D eigenvalue weighted by molar-refractivity contribution is -0.144. The molecular formula is C20H31NO5Si. The van der Waals surface area contributed by atoms with Gasteiger partial charge in [-0.3, -0.25) is 4.90 Å². The van der Waals surface area contributed by atoms with E-state index in [1.165, 1.54) is 4.90 Å². The van der Waals surface area contributed by atoms with Crippen molar-refractivity contribution < 1.29 is 23.9 Å². The summed E-state index contributed by atoms with van der Waals surface area (Å²) in [6.07, 6.45) is -1.15. The SMILES string of the molecule is C[C@@H]1CN(C(=O)OCc2ccccc2)[C@@H](C(=O)O)[C@@H]1O[Si](C)(C)C(C)(C)C. The molecule has 1 aromatic rings. The van der Waals surface area contributed by atoms with Gasteiger partial charge in [0.05, 0.1) is 6.10 Å². The maximum atomic E-state index is 12.6. The molecular weight excluding hydrogens is 362 g/mol. The highest BCUT2D eigenvalue weighted by molar-refractivity contribution is 6.74. The third-order valence-corrected chi connectivity index (χ3v) is 10.1. The van der Waals surface area contributed by atoms with E-state index >= 15 is 0 Å². The van der Waals surface area contributed by atoms with E-state index in [0.717, 1.165) is 5.56 Å². The smallest absolute Gasteiger partial charge is 0.410 e. The number of rotatable bonds is 5. The molecule has 150 valence electrons. The van der Waals surface area contributed by atoms with Gasteiger partial charge in [0.1, 0.15) is 6.61 Å². The summed E-state index contributed by atoms with van der Waals surface area (Å²) >= 11 is 0. The van der Waals surface area contributed by atoms with Crippen LogP contribution in [0, 0.1) is 5.92 Å². The van der Waals surface area contributed by atoms with E-state index in [9.17, 15) is 14.7 Å². The van der Waals surface area contributed by atoms with E-state index in [0.29, 0.717) is 6.54 Å². The van der Waals surface area contributed by atoms with Crippen LogP contribution >= 0.6 is 0 Å². The van der Waals surface area contributed by atoms with Crippen LogP contribution in [0.4, 0.5) is 4.79 Å². The number of carboxylic acids is 1. The molecule has 1 amide bonds. The fourth-order valence-electron chi connectivity index (χ4n) is 2.98. The van der Waals surface area contributed by atoms with Gasteiger partial charge in [-0.15, -0.1) is 0 Å². The number of carboxylic acid groups (broad SMARTS) is 1. The Morgan fingerprint density at radius 2 is 1.81 bits per heavy atom. The molecule has 6 nitrogen and oxygen atoms in total. The third kappa shape index (κ3) is 4.90. The number of hydrogen-bond donors (Lipinski definition) is 1. The Kier molecular flexibility index (Phi) is 6.37. The van der Waals surface area contributed by atoms with Crippen molar-refractivity contribution >= 4 is 20.4 Å². The minimum absolute atomic E-state index is 0.0446. The van der Waals surface area contributed by atoms with Gasteiger partial charge in [-0.05, 0) is 23.7 Å². The molecule has 0 aliphatic carbocycles. The molecule has 0 radical (unpaired) electrons. The first-order valence-electron chi connectivity index (χ1n) is 9.32. The molecule has 0 bridgehead atoms. The lowest BCUT2D eigenvalue weighted by Gasteiger charge is -2.40. The molecule has 1 N–H and O–H groups in total. The Morgan fingerprint density at radius 1 is 1.22 bits per heavy atom. The number of likely N-dealkylation sites (tertiary alicyclic amines) is 1. The van der Waals surface area contributed by atoms with Crippen molar-refractivity contribution in [2.24, 2.45) is 5.92 Å². The topological polar surface area (TPSA) is 76.1 Å². The monoisotopic (exact) mass is 393 g/mol. The summed E-state index contributed by atoms with van der Waals surface area (Å²) in [6.45, 7) is 12.9. The van der Waals surface area contributed by atoms with Gasteiger partial charge in [-0.25, -0.2) is 9.59 Å². The standard InChI is InChI=1S/C20H31NO5Si/c1-14-12-21(19(24)25-13-15-10-8-7-9-11-15)16(18(22)23)17(14)26-27(5,6)20(2,3)4/h7-11,14,16-17H,12-13H2,1-6H3,(H,22,23)/t14-,16-,17-/m1/s1. The minimum Gasteiger partial charge on any atom is -0.480 e. The fourth-order valence-corrected chi connectivity index (χ4v) is 4.37. The van der Waals surface area contributed by atoms with Crippen LogP contribution in [-0.4, -0.2) is 49.1 Å². The first-order chi connectivity index (χ1) is 12.4. The molecule has 1 aliphatic rings. The molecule has 0 aromatic heterocycles. The van der Waals surface area contributed by atoms with Crippen molar-refractivity contribution in [3.05, 3.63) is 35.9 Å². The number of carbonyl (C=O) groups excluding carboxylic acids is 1. The van der Waals surface area contributed by atoms with Gasteiger partial charge in [0, 0.05) is 12.5 Å². The quantitative estimate of drug-likeness (QED) is 0.762. The number of benzene rings is 1. The summed E-state index contributed by atoms with van der Waals surface area (Å²) in [7, 11) is -2.18. The molecule has 1 heterocycles. The first kappa shape index (κ1) is 21.4. The van der Waals surface area contributed by atoms with Crippen LogP contribution in [0.25, 0.3) is 0 Å². The predicted molar refractivity (Wildman–Crippen MR) is 106 cm³/mol. The average Bonchev–Trinajstić information content (AvgIpc) is 2.89. The lowest BCUT2D eigenvalue weighted by atomic mass is 10.0. The van der Waals surface area contributed by atoms with Crippen LogP contribution in [0.5, 0.6) is 0 Å². The second-order valence-corrected chi connectivity index (χ2v) is 13.6. The molecule has 27 heavy (non-hydrogen) atoms. The lowest BCUT2D eigenvalue weighted by Crippen LogP contribution is -2.52.